The van der Waals surface area contributed by atoms with Crippen LogP contribution in [0.5, 0.6) is 5.75 Å². The predicted octanol–water partition coefficient (Wildman–Crippen LogP) is -0.285. The van der Waals surface area contributed by atoms with Crippen LogP contribution in [0, 0.1) is 5.92 Å². The molecule has 12 heteroatoms. The second-order valence-electron chi connectivity index (χ2n) is 9.74. The Kier molecular flexibility index (Phi) is 15.0. The number of phenols is 1. The van der Waals surface area contributed by atoms with E-state index >= 15 is 0 Å². The highest BCUT2D eigenvalue weighted by Gasteiger charge is 2.31. The van der Waals surface area contributed by atoms with E-state index in [-0.39, 0.29) is 30.9 Å². The number of carboxylic acid groups (broad SMARTS) is 1. The van der Waals surface area contributed by atoms with Crippen LogP contribution in [0.15, 0.2) is 24.3 Å². The number of nitrogens with two attached hydrogens (primary N) is 3. The lowest BCUT2D eigenvalue weighted by Gasteiger charge is -2.27. The minimum Gasteiger partial charge on any atom is -0.508 e. The molecular weight excluding hydrogens is 492 g/mol. The lowest BCUT2D eigenvalue weighted by atomic mass is 10.00. The molecule has 0 spiro atoms. The maximum atomic E-state index is 13.2. The number of hydrogen-bond acceptors (Lipinski definition) is 8. The molecule has 0 saturated carbocycles. The SMILES string of the molecule is CC(C)C(NC(=O)C(CCCCN)NC(=O)C(N)Cc1ccc(O)cc1)C(=O)NC(CCCCN)C(=O)O. The third-order valence-electron chi connectivity index (χ3n) is 6.12. The fraction of sp³-hybridized carbons (Fsp3) is 0.615. The number of hydrogen-bond donors (Lipinski definition) is 8. The minimum atomic E-state index is -1.17. The largest absolute Gasteiger partial charge is 0.508 e. The number of carbonyl (C=O) groups is 4. The number of nitrogens with one attached hydrogen (secondary N) is 3. The van der Waals surface area contributed by atoms with E-state index in [1.165, 1.54) is 12.1 Å². The van der Waals surface area contributed by atoms with Gasteiger partial charge in [0.15, 0.2) is 0 Å². The fourth-order valence-corrected chi connectivity index (χ4v) is 3.82. The normalized spacial score (nSPS) is 14.3. The monoisotopic (exact) mass is 536 g/mol. The molecule has 214 valence electrons. The number of carboxylic acids is 1. The predicted molar refractivity (Wildman–Crippen MR) is 144 cm³/mol. The van der Waals surface area contributed by atoms with Crippen molar-refractivity contribution in [3.8, 4) is 5.75 Å². The number of phenolic OH excluding ortho intramolecular Hbond substituents is 1. The summed E-state index contributed by atoms with van der Waals surface area (Å²) in [6.45, 7) is 4.29. The maximum Gasteiger partial charge on any atom is 0.326 e. The van der Waals surface area contributed by atoms with Gasteiger partial charge in [-0.15, -0.1) is 0 Å². The summed E-state index contributed by atoms with van der Waals surface area (Å²) < 4.78 is 0. The Morgan fingerprint density at radius 1 is 0.789 bits per heavy atom. The highest BCUT2D eigenvalue weighted by molar-refractivity contribution is 5.94. The minimum absolute atomic E-state index is 0.0948. The number of amides is 3. The molecular formula is C26H44N6O6. The van der Waals surface area contributed by atoms with Gasteiger partial charge in [-0.05, 0) is 81.6 Å². The summed E-state index contributed by atoms with van der Waals surface area (Å²) in [6.07, 6.45) is 3.05. The van der Waals surface area contributed by atoms with Crippen molar-refractivity contribution in [1.82, 2.24) is 16.0 Å². The standard InChI is InChI=1S/C26H44N6O6/c1-16(2)22(25(36)31-21(26(37)38)8-4-6-14-28)32-24(35)20(7-3-5-13-27)30-23(34)19(29)15-17-9-11-18(33)12-10-17/h9-12,16,19-22,33H,3-8,13-15,27-29H2,1-2H3,(H,30,34)(H,31,36)(H,32,35)(H,37,38). The van der Waals surface area contributed by atoms with Gasteiger partial charge in [-0.3, -0.25) is 14.4 Å². The van der Waals surface area contributed by atoms with Gasteiger partial charge in [0.05, 0.1) is 6.04 Å². The Morgan fingerprint density at radius 2 is 1.32 bits per heavy atom. The molecule has 4 unspecified atom stereocenters. The zero-order chi connectivity index (χ0) is 28.7. The van der Waals surface area contributed by atoms with Gasteiger partial charge in [-0.25, -0.2) is 4.79 Å². The van der Waals surface area contributed by atoms with Crippen LogP contribution in [0.25, 0.3) is 0 Å². The first-order chi connectivity index (χ1) is 18.0. The van der Waals surface area contributed by atoms with E-state index in [9.17, 15) is 29.4 Å². The van der Waals surface area contributed by atoms with E-state index in [4.69, 9.17) is 17.2 Å². The number of unbranched alkanes of at least 4 members (excludes halogenated alkanes) is 2. The quantitative estimate of drug-likeness (QED) is 0.115. The Morgan fingerprint density at radius 3 is 1.82 bits per heavy atom. The first-order valence-electron chi connectivity index (χ1n) is 13.1. The Balaban J connectivity index is 2.91. The second-order valence-corrected chi connectivity index (χ2v) is 9.74. The molecule has 3 amide bonds. The summed E-state index contributed by atoms with van der Waals surface area (Å²) >= 11 is 0. The fourth-order valence-electron chi connectivity index (χ4n) is 3.82. The van der Waals surface area contributed by atoms with Gasteiger partial charge in [0.25, 0.3) is 0 Å². The molecule has 0 radical (unpaired) electrons. The lowest BCUT2D eigenvalue weighted by Crippen LogP contribution is -2.58. The summed E-state index contributed by atoms with van der Waals surface area (Å²) in [6, 6.07) is 2.26. The summed E-state index contributed by atoms with van der Waals surface area (Å²) in [5.74, 6) is -3.16. The van der Waals surface area contributed by atoms with Crippen LogP contribution in [-0.2, 0) is 25.6 Å². The van der Waals surface area contributed by atoms with Crippen LogP contribution in [0.1, 0.15) is 57.9 Å². The van der Waals surface area contributed by atoms with E-state index < -0.39 is 47.9 Å². The molecule has 0 aliphatic rings. The molecule has 11 N–H and O–H groups in total. The van der Waals surface area contributed by atoms with Crippen LogP contribution < -0.4 is 33.2 Å². The molecule has 0 fully saturated rings. The van der Waals surface area contributed by atoms with Crippen molar-refractivity contribution >= 4 is 23.7 Å². The molecule has 0 aliphatic heterocycles. The van der Waals surface area contributed by atoms with Gasteiger partial charge < -0.3 is 43.4 Å². The summed E-state index contributed by atoms with van der Waals surface area (Å²) in [5.41, 5.74) is 17.9. The molecule has 4 atom stereocenters. The van der Waals surface area contributed by atoms with Crippen molar-refractivity contribution in [2.45, 2.75) is 83.0 Å². The first-order valence-corrected chi connectivity index (χ1v) is 13.1. The van der Waals surface area contributed by atoms with Gasteiger partial charge in [0, 0.05) is 0 Å². The lowest BCUT2D eigenvalue weighted by molar-refractivity contribution is -0.142. The third-order valence-corrected chi connectivity index (χ3v) is 6.12. The number of benzene rings is 1. The molecule has 0 aliphatic carbocycles. The zero-order valence-electron chi connectivity index (χ0n) is 22.3. The van der Waals surface area contributed by atoms with Crippen molar-refractivity contribution in [3.63, 3.8) is 0 Å². The number of rotatable bonds is 18. The van der Waals surface area contributed by atoms with Gasteiger partial charge in [0.2, 0.25) is 17.7 Å². The number of aromatic hydroxyl groups is 1. The summed E-state index contributed by atoms with van der Waals surface area (Å²) in [7, 11) is 0. The summed E-state index contributed by atoms with van der Waals surface area (Å²) in [4.78, 5) is 50.6. The highest BCUT2D eigenvalue weighted by atomic mass is 16.4. The van der Waals surface area contributed by atoms with E-state index in [0.29, 0.717) is 38.8 Å². The van der Waals surface area contributed by atoms with Crippen molar-refractivity contribution in [1.29, 1.82) is 0 Å². The van der Waals surface area contributed by atoms with Crippen molar-refractivity contribution < 1.29 is 29.4 Å². The van der Waals surface area contributed by atoms with E-state index in [2.05, 4.69) is 16.0 Å². The first kappa shape index (κ1) is 32.8. The van der Waals surface area contributed by atoms with E-state index in [1.54, 1.807) is 26.0 Å². The van der Waals surface area contributed by atoms with Gasteiger partial charge in [0.1, 0.15) is 23.9 Å². The van der Waals surface area contributed by atoms with Crippen LogP contribution in [0.3, 0.4) is 0 Å². The van der Waals surface area contributed by atoms with Gasteiger partial charge in [-0.2, -0.15) is 0 Å². The molecule has 38 heavy (non-hydrogen) atoms. The second kappa shape index (κ2) is 17.3. The summed E-state index contributed by atoms with van der Waals surface area (Å²) in [5, 5.41) is 26.8. The van der Waals surface area contributed by atoms with Crippen LogP contribution >= 0.6 is 0 Å². The smallest absolute Gasteiger partial charge is 0.326 e. The number of carbonyl (C=O) groups excluding carboxylic acids is 3. The zero-order valence-corrected chi connectivity index (χ0v) is 22.3. The third kappa shape index (κ3) is 11.9. The Labute approximate surface area is 224 Å². The Hall–Kier alpha value is -3.22. The molecule has 1 rings (SSSR count). The van der Waals surface area contributed by atoms with Crippen molar-refractivity contribution in [2.24, 2.45) is 23.1 Å². The molecule has 1 aromatic carbocycles. The highest BCUT2D eigenvalue weighted by Crippen LogP contribution is 2.12. The molecule has 0 heterocycles. The van der Waals surface area contributed by atoms with Gasteiger partial charge in [-0.1, -0.05) is 26.0 Å². The average Bonchev–Trinajstić information content (AvgIpc) is 2.86. The maximum absolute atomic E-state index is 13.2. The molecule has 1 aromatic rings. The van der Waals surface area contributed by atoms with Crippen LogP contribution in [-0.4, -0.2) is 71.2 Å². The average molecular weight is 537 g/mol. The molecule has 0 saturated heterocycles. The van der Waals surface area contributed by atoms with Crippen LogP contribution in [0.2, 0.25) is 0 Å². The van der Waals surface area contributed by atoms with Crippen molar-refractivity contribution in [3.05, 3.63) is 29.8 Å². The van der Waals surface area contributed by atoms with E-state index in [1.807, 2.05) is 0 Å². The van der Waals surface area contributed by atoms with E-state index in [0.717, 1.165) is 5.56 Å². The Bertz CT molecular complexity index is 895. The molecule has 12 nitrogen and oxygen atoms in total. The molecule has 0 aromatic heterocycles. The van der Waals surface area contributed by atoms with Crippen LogP contribution in [0.4, 0.5) is 0 Å². The molecule has 0 bridgehead atoms. The van der Waals surface area contributed by atoms with Crippen molar-refractivity contribution in [2.75, 3.05) is 13.1 Å². The number of aliphatic carboxylic acids is 1. The van der Waals surface area contributed by atoms with Gasteiger partial charge >= 0.3 is 5.97 Å². The topological polar surface area (TPSA) is 223 Å².